The zero-order valence-corrected chi connectivity index (χ0v) is 25.0. The van der Waals surface area contributed by atoms with Crippen molar-refractivity contribution in [2.75, 3.05) is 59.0 Å². The van der Waals surface area contributed by atoms with Crippen molar-refractivity contribution >= 4 is 45.1 Å². The average Bonchev–Trinajstić information content (AvgIpc) is 3.58. The van der Waals surface area contributed by atoms with Crippen LogP contribution in [0.2, 0.25) is 0 Å². The second kappa shape index (κ2) is 12.1. The van der Waals surface area contributed by atoms with Crippen LogP contribution in [0.5, 0.6) is 0 Å². The summed E-state index contributed by atoms with van der Waals surface area (Å²) >= 11 is 1.21. The van der Waals surface area contributed by atoms with E-state index in [0.717, 1.165) is 24.5 Å². The van der Waals surface area contributed by atoms with Gasteiger partial charge in [-0.05, 0) is 49.4 Å². The van der Waals surface area contributed by atoms with Crippen LogP contribution >= 0.6 is 11.3 Å². The Kier molecular flexibility index (Phi) is 8.40. The molecule has 5 heterocycles. The van der Waals surface area contributed by atoms with Gasteiger partial charge in [0, 0.05) is 62.5 Å². The first kappa shape index (κ1) is 29.9. The second-order valence-electron chi connectivity index (χ2n) is 12.0. The van der Waals surface area contributed by atoms with E-state index in [-0.39, 0.29) is 47.7 Å². The molecule has 1 aromatic carbocycles. The smallest absolute Gasteiger partial charge is 0.270 e. The van der Waals surface area contributed by atoms with Gasteiger partial charge in [-0.2, -0.15) is 0 Å². The van der Waals surface area contributed by atoms with E-state index in [0.29, 0.717) is 69.2 Å². The number of carbonyl (C=O) groups excluding carboxylic acids is 4. The SMILES string of the molecule is CC(F)(F)c1ccc2sc(C(=O)NCC3CNCC[C@H]4CC[C@@H](C(=O)N5CC(C(=O)N6CCOCC6)C5)N4C3=O)cc2c1. The molecule has 1 unspecified atom stereocenters. The van der Waals surface area contributed by atoms with Crippen molar-refractivity contribution in [2.24, 2.45) is 11.8 Å². The lowest BCUT2D eigenvalue weighted by molar-refractivity contribution is -0.157. The van der Waals surface area contributed by atoms with Crippen LogP contribution < -0.4 is 10.6 Å². The third kappa shape index (κ3) is 6.12. The molecule has 4 aliphatic heterocycles. The third-order valence-electron chi connectivity index (χ3n) is 9.06. The minimum Gasteiger partial charge on any atom is -0.378 e. The van der Waals surface area contributed by atoms with Crippen LogP contribution in [0.25, 0.3) is 10.1 Å². The highest BCUT2D eigenvalue weighted by molar-refractivity contribution is 7.20. The number of benzene rings is 1. The standard InChI is InChI=1S/C30H37F2N5O5S/c1-30(31,32)21-2-5-24-18(12-21)13-25(43-24)26(38)34-15-19-14-33-7-6-22-3-4-23(37(22)28(19)40)29(41)36-16-20(17-36)27(39)35-8-10-42-11-9-35/h2,5,12-13,19-20,22-23,33H,3-4,6-11,14-17H2,1H3,(H,34,38)/t19?,22-,23+/m1/s1. The maximum Gasteiger partial charge on any atom is 0.270 e. The molecule has 2 N–H and O–H groups in total. The minimum atomic E-state index is -2.98. The molecule has 0 spiro atoms. The number of hydrogen-bond donors (Lipinski definition) is 2. The van der Waals surface area contributed by atoms with Gasteiger partial charge in [0.15, 0.2) is 0 Å². The maximum absolute atomic E-state index is 13.8. The number of likely N-dealkylation sites (tertiary alicyclic amines) is 1. The average molecular weight is 618 g/mol. The van der Waals surface area contributed by atoms with E-state index in [1.54, 1.807) is 26.8 Å². The molecule has 4 amide bonds. The van der Waals surface area contributed by atoms with Crippen molar-refractivity contribution in [1.29, 1.82) is 0 Å². The van der Waals surface area contributed by atoms with E-state index < -0.39 is 17.9 Å². The van der Waals surface area contributed by atoms with Crippen LogP contribution in [0.4, 0.5) is 8.78 Å². The van der Waals surface area contributed by atoms with Gasteiger partial charge in [-0.15, -0.1) is 11.3 Å². The normalized spacial score (nSPS) is 25.2. The topological polar surface area (TPSA) is 111 Å². The van der Waals surface area contributed by atoms with Crippen molar-refractivity contribution in [1.82, 2.24) is 25.3 Å². The highest BCUT2D eigenvalue weighted by Crippen LogP contribution is 2.34. The van der Waals surface area contributed by atoms with E-state index in [1.807, 2.05) is 0 Å². The Bertz CT molecular complexity index is 1400. The molecule has 4 saturated heterocycles. The molecular weight excluding hydrogens is 580 g/mol. The fourth-order valence-electron chi connectivity index (χ4n) is 6.54. The molecule has 43 heavy (non-hydrogen) atoms. The number of rotatable bonds is 6. The number of amides is 4. The van der Waals surface area contributed by atoms with Crippen LogP contribution in [0.15, 0.2) is 24.3 Å². The van der Waals surface area contributed by atoms with Gasteiger partial charge >= 0.3 is 0 Å². The molecule has 232 valence electrons. The molecule has 4 fully saturated rings. The zero-order chi connectivity index (χ0) is 30.3. The number of thiophene rings is 1. The van der Waals surface area contributed by atoms with Gasteiger partial charge in [0.1, 0.15) is 6.04 Å². The number of morpholine rings is 1. The third-order valence-corrected chi connectivity index (χ3v) is 10.2. The number of carbonyl (C=O) groups is 4. The summed E-state index contributed by atoms with van der Waals surface area (Å²) < 4.78 is 33.6. The number of nitrogens with zero attached hydrogens (tertiary/aromatic N) is 3. The lowest BCUT2D eigenvalue weighted by Gasteiger charge is -2.44. The monoisotopic (exact) mass is 617 g/mol. The molecule has 0 aliphatic carbocycles. The van der Waals surface area contributed by atoms with E-state index in [1.165, 1.54) is 23.5 Å². The van der Waals surface area contributed by atoms with Crippen LogP contribution in [0, 0.1) is 11.8 Å². The molecule has 2 aromatic rings. The van der Waals surface area contributed by atoms with Gasteiger partial charge in [-0.3, -0.25) is 19.2 Å². The largest absolute Gasteiger partial charge is 0.378 e. The Hall–Kier alpha value is -3.16. The van der Waals surface area contributed by atoms with E-state index in [2.05, 4.69) is 10.6 Å². The van der Waals surface area contributed by atoms with Crippen molar-refractivity contribution < 1.29 is 32.7 Å². The number of alkyl halides is 2. The molecule has 0 radical (unpaired) electrons. The van der Waals surface area contributed by atoms with Crippen LogP contribution in [-0.2, 0) is 25.0 Å². The van der Waals surface area contributed by atoms with Gasteiger partial charge in [-0.1, -0.05) is 6.07 Å². The summed E-state index contributed by atoms with van der Waals surface area (Å²) in [5.74, 6) is -4.35. The Morgan fingerprint density at radius 3 is 2.58 bits per heavy atom. The summed E-state index contributed by atoms with van der Waals surface area (Å²) in [6, 6.07) is 5.32. The Morgan fingerprint density at radius 2 is 1.84 bits per heavy atom. The van der Waals surface area contributed by atoms with Gasteiger partial charge in [-0.25, -0.2) is 8.78 Å². The zero-order valence-electron chi connectivity index (χ0n) is 24.2. The first-order valence-corrected chi connectivity index (χ1v) is 15.8. The summed E-state index contributed by atoms with van der Waals surface area (Å²) in [7, 11) is 0. The summed E-state index contributed by atoms with van der Waals surface area (Å²) in [6.07, 6.45) is 2.05. The molecule has 1 aromatic heterocycles. The maximum atomic E-state index is 13.8. The predicted octanol–water partition coefficient (Wildman–Crippen LogP) is 2.03. The molecular formula is C30H37F2N5O5S. The quantitative estimate of drug-likeness (QED) is 0.514. The molecule has 13 heteroatoms. The molecule has 6 rings (SSSR count). The number of nitrogens with one attached hydrogen (secondary N) is 2. The fourth-order valence-corrected chi connectivity index (χ4v) is 7.50. The molecule has 10 nitrogen and oxygen atoms in total. The first-order chi connectivity index (χ1) is 20.6. The van der Waals surface area contributed by atoms with Crippen molar-refractivity contribution in [3.05, 3.63) is 34.7 Å². The van der Waals surface area contributed by atoms with Crippen LogP contribution in [0.1, 0.15) is 41.4 Å². The van der Waals surface area contributed by atoms with E-state index in [9.17, 15) is 28.0 Å². The predicted molar refractivity (Wildman–Crippen MR) is 156 cm³/mol. The van der Waals surface area contributed by atoms with Crippen LogP contribution in [0.3, 0.4) is 0 Å². The van der Waals surface area contributed by atoms with Gasteiger partial charge < -0.3 is 30.1 Å². The second-order valence-corrected chi connectivity index (χ2v) is 13.1. The highest BCUT2D eigenvalue weighted by Gasteiger charge is 2.48. The number of ether oxygens (including phenoxy) is 1. The van der Waals surface area contributed by atoms with Crippen LogP contribution in [-0.4, -0.2) is 109 Å². The first-order valence-electron chi connectivity index (χ1n) is 15.0. The summed E-state index contributed by atoms with van der Waals surface area (Å²) in [5.41, 5.74) is -0.113. The molecule has 0 saturated carbocycles. The van der Waals surface area contributed by atoms with Crippen molar-refractivity contribution in [3.63, 3.8) is 0 Å². The van der Waals surface area contributed by atoms with E-state index >= 15 is 0 Å². The Labute approximate surface area is 252 Å². The summed E-state index contributed by atoms with van der Waals surface area (Å²) in [4.78, 5) is 58.9. The van der Waals surface area contributed by atoms with Crippen molar-refractivity contribution in [3.8, 4) is 0 Å². The lowest BCUT2D eigenvalue weighted by Crippen LogP contribution is -2.62. The molecule has 0 bridgehead atoms. The van der Waals surface area contributed by atoms with Crippen molar-refractivity contribution in [2.45, 2.75) is 44.2 Å². The fraction of sp³-hybridized carbons (Fsp3) is 0.600. The number of hydrogen-bond acceptors (Lipinski definition) is 7. The molecule has 3 atom stereocenters. The van der Waals surface area contributed by atoms with E-state index in [4.69, 9.17) is 4.74 Å². The Morgan fingerprint density at radius 1 is 1.07 bits per heavy atom. The number of fused-ring (bicyclic) bond motifs is 2. The summed E-state index contributed by atoms with van der Waals surface area (Å²) in [5, 5.41) is 6.74. The van der Waals surface area contributed by atoms with Gasteiger partial charge in [0.05, 0.1) is 29.9 Å². The van der Waals surface area contributed by atoms with Gasteiger partial charge in [0.2, 0.25) is 17.7 Å². The summed E-state index contributed by atoms with van der Waals surface area (Å²) in [6.45, 7) is 4.93. The minimum absolute atomic E-state index is 0.0586. The number of halogens is 2. The Balaban J connectivity index is 1.08. The highest BCUT2D eigenvalue weighted by atomic mass is 32.1. The lowest BCUT2D eigenvalue weighted by atomic mass is 9.96. The molecule has 4 aliphatic rings. The van der Waals surface area contributed by atoms with Gasteiger partial charge in [0.25, 0.3) is 11.8 Å².